The summed E-state index contributed by atoms with van der Waals surface area (Å²) < 4.78 is 4.96. The van der Waals surface area contributed by atoms with Crippen molar-refractivity contribution in [1.82, 2.24) is 5.43 Å². The van der Waals surface area contributed by atoms with Gasteiger partial charge in [-0.15, -0.1) is 0 Å². The van der Waals surface area contributed by atoms with E-state index in [0.29, 0.717) is 29.0 Å². The number of amides is 2. The molecule has 3 N–H and O–H groups in total. The summed E-state index contributed by atoms with van der Waals surface area (Å²) in [7, 11) is 1.46. The number of hydrazone groups is 1. The predicted molar refractivity (Wildman–Crippen MR) is 99.7 cm³/mol. The summed E-state index contributed by atoms with van der Waals surface area (Å²) in [6.45, 7) is 1.93. The Kier molecular flexibility index (Phi) is 6.73. The Bertz CT molecular complexity index is 801. The predicted octanol–water partition coefficient (Wildman–Crippen LogP) is 2.90. The molecule has 0 aliphatic rings. The standard InChI is InChI=1S/C19H21N3O4/c1-3-4-18(24)21-15-8-6-14(7-9-15)19(25)22-20-12-13-5-10-17(26-2)16(23)11-13/h5-12,23H,3-4H2,1-2H3,(H,21,24)(H,22,25). The Balaban J connectivity index is 1.93. The summed E-state index contributed by atoms with van der Waals surface area (Å²) in [5.41, 5.74) is 4.06. The van der Waals surface area contributed by atoms with Gasteiger partial charge in [0.05, 0.1) is 13.3 Å². The molecule has 0 radical (unpaired) electrons. The molecule has 0 saturated heterocycles. The molecule has 0 saturated carbocycles. The van der Waals surface area contributed by atoms with Gasteiger partial charge in [-0.25, -0.2) is 5.43 Å². The molecule has 0 unspecified atom stereocenters. The van der Waals surface area contributed by atoms with Gasteiger partial charge in [-0.3, -0.25) is 9.59 Å². The van der Waals surface area contributed by atoms with Gasteiger partial charge in [-0.2, -0.15) is 5.10 Å². The van der Waals surface area contributed by atoms with Crippen LogP contribution in [0.5, 0.6) is 11.5 Å². The molecular formula is C19H21N3O4. The zero-order chi connectivity index (χ0) is 18.9. The van der Waals surface area contributed by atoms with E-state index in [1.807, 2.05) is 6.92 Å². The van der Waals surface area contributed by atoms with Crippen LogP contribution in [0.25, 0.3) is 0 Å². The van der Waals surface area contributed by atoms with Gasteiger partial charge in [0.1, 0.15) is 0 Å². The molecule has 0 aliphatic heterocycles. The number of phenols is 1. The third-order valence-electron chi connectivity index (χ3n) is 3.49. The molecule has 7 nitrogen and oxygen atoms in total. The van der Waals surface area contributed by atoms with Crippen LogP contribution in [0.4, 0.5) is 5.69 Å². The fraction of sp³-hybridized carbons (Fsp3) is 0.211. The van der Waals surface area contributed by atoms with Crippen molar-refractivity contribution in [3.63, 3.8) is 0 Å². The van der Waals surface area contributed by atoms with Crippen LogP contribution in [-0.2, 0) is 4.79 Å². The van der Waals surface area contributed by atoms with Crippen molar-refractivity contribution >= 4 is 23.7 Å². The SMILES string of the molecule is CCCC(=O)Nc1ccc(C(=O)NN=Cc2ccc(OC)c(O)c2)cc1. The largest absolute Gasteiger partial charge is 0.504 e. The van der Waals surface area contributed by atoms with Gasteiger partial charge in [0, 0.05) is 17.7 Å². The van der Waals surface area contributed by atoms with E-state index in [4.69, 9.17) is 4.74 Å². The molecule has 0 bridgehead atoms. The first-order valence-corrected chi connectivity index (χ1v) is 8.13. The van der Waals surface area contributed by atoms with Crippen LogP contribution in [-0.4, -0.2) is 30.2 Å². The van der Waals surface area contributed by atoms with Crippen molar-refractivity contribution in [3.8, 4) is 11.5 Å². The molecule has 2 rings (SSSR count). The van der Waals surface area contributed by atoms with Crippen LogP contribution in [0, 0.1) is 0 Å². The van der Waals surface area contributed by atoms with E-state index in [1.165, 1.54) is 19.4 Å². The number of carbonyl (C=O) groups excluding carboxylic acids is 2. The highest BCUT2D eigenvalue weighted by atomic mass is 16.5. The van der Waals surface area contributed by atoms with Crippen LogP contribution in [0.1, 0.15) is 35.7 Å². The number of phenolic OH excluding ortho intramolecular Hbond substituents is 1. The van der Waals surface area contributed by atoms with Gasteiger partial charge in [-0.05, 0) is 54.4 Å². The lowest BCUT2D eigenvalue weighted by Crippen LogP contribution is -2.17. The Morgan fingerprint density at radius 2 is 1.92 bits per heavy atom. The summed E-state index contributed by atoms with van der Waals surface area (Å²) in [6, 6.07) is 11.3. The summed E-state index contributed by atoms with van der Waals surface area (Å²) in [5, 5.41) is 16.3. The molecule has 0 aliphatic carbocycles. The van der Waals surface area contributed by atoms with Crippen LogP contribution in [0.2, 0.25) is 0 Å². The summed E-state index contributed by atoms with van der Waals surface area (Å²) >= 11 is 0. The zero-order valence-corrected chi connectivity index (χ0v) is 14.7. The van der Waals surface area contributed by atoms with E-state index < -0.39 is 0 Å². The lowest BCUT2D eigenvalue weighted by molar-refractivity contribution is -0.116. The average molecular weight is 355 g/mol. The molecule has 0 atom stereocenters. The topological polar surface area (TPSA) is 100 Å². The third-order valence-corrected chi connectivity index (χ3v) is 3.49. The normalized spacial score (nSPS) is 10.5. The maximum atomic E-state index is 12.1. The number of anilines is 1. The number of hydrogen-bond donors (Lipinski definition) is 3. The van der Waals surface area contributed by atoms with Gasteiger partial charge < -0.3 is 15.2 Å². The van der Waals surface area contributed by atoms with Crippen molar-refractivity contribution < 1.29 is 19.4 Å². The number of carbonyl (C=O) groups is 2. The second-order valence-corrected chi connectivity index (χ2v) is 5.51. The lowest BCUT2D eigenvalue weighted by atomic mass is 10.2. The monoisotopic (exact) mass is 355 g/mol. The van der Waals surface area contributed by atoms with Gasteiger partial charge in [0.2, 0.25) is 5.91 Å². The van der Waals surface area contributed by atoms with E-state index >= 15 is 0 Å². The third kappa shape index (κ3) is 5.34. The first-order chi connectivity index (χ1) is 12.5. The molecule has 0 heterocycles. The summed E-state index contributed by atoms with van der Waals surface area (Å²) in [5.74, 6) is -0.0942. The lowest BCUT2D eigenvalue weighted by Gasteiger charge is -2.05. The number of nitrogens with one attached hydrogen (secondary N) is 2. The van der Waals surface area contributed by atoms with E-state index in [0.717, 1.165) is 6.42 Å². The number of nitrogens with zero attached hydrogens (tertiary/aromatic N) is 1. The fourth-order valence-electron chi connectivity index (χ4n) is 2.17. The Labute approximate surface area is 151 Å². The van der Waals surface area contributed by atoms with Crippen molar-refractivity contribution in [2.24, 2.45) is 5.10 Å². The van der Waals surface area contributed by atoms with Gasteiger partial charge in [0.25, 0.3) is 5.91 Å². The highest BCUT2D eigenvalue weighted by Crippen LogP contribution is 2.25. The number of benzene rings is 2. The number of rotatable bonds is 7. The second kappa shape index (κ2) is 9.22. The van der Waals surface area contributed by atoms with Crippen LogP contribution in [0.15, 0.2) is 47.6 Å². The molecule has 0 spiro atoms. The van der Waals surface area contributed by atoms with Gasteiger partial charge in [0.15, 0.2) is 11.5 Å². The number of methoxy groups -OCH3 is 1. The molecule has 0 aromatic heterocycles. The highest BCUT2D eigenvalue weighted by Gasteiger charge is 2.06. The van der Waals surface area contributed by atoms with Gasteiger partial charge >= 0.3 is 0 Å². The number of hydrogen-bond acceptors (Lipinski definition) is 5. The molecule has 0 fully saturated rings. The van der Waals surface area contributed by atoms with Crippen molar-refractivity contribution in [2.45, 2.75) is 19.8 Å². The summed E-state index contributed by atoms with van der Waals surface area (Å²) in [6.07, 6.45) is 2.64. The quantitative estimate of drug-likeness (QED) is 0.525. The maximum Gasteiger partial charge on any atom is 0.271 e. The smallest absolute Gasteiger partial charge is 0.271 e. The van der Waals surface area contributed by atoms with E-state index in [2.05, 4.69) is 15.8 Å². The Morgan fingerprint density at radius 3 is 2.54 bits per heavy atom. The van der Waals surface area contributed by atoms with Crippen LogP contribution < -0.4 is 15.5 Å². The first kappa shape index (κ1) is 19.0. The first-order valence-electron chi connectivity index (χ1n) is 8.13. The molecule has 136 valence electrons. The highest BCUT2D eigenvalue weighted by molar-refractivity contribution is 5.96. The minimum absolute atomic E-state index is 0.0107. The second-order valence-electron chi connectivity index (χ2n) is 5.51. The van der Waals surface area contributed by atoms with E-state index in [1.54, 1.807) is 36.4 Å². The van der Waals surface area contributed by atoms with Gasteiger partial charge in [-0.1, -0.05) is 6.92 Å². The molecule has 7 heteroatoms. The molecule has 2 amide bonds. The zero-order valence-electron chi connectivity index (χ0n) is 14.7. The Morgan fingerprint density at radius 1 is 1.19 bits per heavy atom. The number of aromatic hydroxyl groups is 1. The maximum absolute atomic E-state index is 12.1. The molecule has 2 aromatic carbocycles. The molecule has 2 aromatic rings. The van der Waals surface area contributed by atoms with E-state index in [-0.39, 0.29) is 17.6 Å². The fourth-order valence-corrected chi connectivity index (χ4v) is 2.17. The van der Waals surface area contributed by atoms with Crippen molar-refractivity contribution in [2.75, 3.05) is 12.4 Å². The molecular weight excluding hydrogens is 334 g/mol. The number of ether oxygens (including phenoxy) is 1. The summed E-state index contributed by atoms with van der Waals surface area (Å²) in [4.78, 5) is 23.6. The minimum Gasteiger partial charge on any atom is -0.504 e. The van der Waals surface area contributed by atoms with Crippen molar-refractivity contribution in [1.29, 1.82) is 0 Å². The average Bonchev–Trinajstić information content (AvgIpc) is 2.62. The van der Waals surface area contributed by atoms with Crippen LogP contribution in [0.3, 0.4) is 0 Å². The van der Waals surface area contributed by atoms with Crippen LogP contribution >= 0.6 is 0 Å². The van der Waals surface area contributed by atoms with E-state index in [9.17, 15) is 14.7 Å². The minimum atomic E-state index is -0.384. The Hall–Kier alpha value is -3.35. The van der Waals surface area contributed by atoms with Crippen molar-refractivity contribution in [3.05, 3.63) is 53.6 Å². The molecule has 26 heavy (non-hydrogen) atoms.